The summed E-state index contributed by atoms with van der Waals surface area (Å²) in [6.07, 6.45) is 76.3. The van der Waals surface area contributed by atoms with Gasteiger partial charge in [0.15, 0.2) is 6.10 Å². The third kappa shape index (κ3) is 52.4. The van der Waals surface area contributed by atoms with E-state index >= 15 is 0 Å². The predicted molar refractivity (Wildman–Crippen MR) is 288 cm³/mol. The Balaban J connectivity index is 4.27. The molecular formula is C61H96O6. The number of carbonyl (C=O) groups is 3. The summed E-state index contributed by atoms with van der Waals surface area (Å²) in [6, 6.07) is 0. The summed E-state index contributed by atoms with van der Waals surface area (Å²) in [6.45, 7) is 6.33. The Hall–Kier alpha value is -4.45. The van der Waals surface area contributed by atoms with E-state index in [-0.39, 0.29) is 37.5 Å². The minimum absolute atomic E-state index is 0.107. The molecule has 6 nitrogen and oxygen atoms in total. The Morgan fingerprint density at radius 3 is 1.00 bits per heavy atom. The number of allylic oxidation sites excluding steroid dienone is 22. The molecule has 0 amide bonds. The molecule has 0 aliphatic carbocycles. The van der Waals surface area contributed by atoms with Gasteiger partial charge in [0.2, 0.25) is 0 Å². The number of unbranched alkanes of at least 4 members (excludes halogenated alkanes) is 13. The van der Waals surface area contributed by atoms with Crippen LogP contribution in [-0.4, -0.2) is 37.2 Å². The van der Waals surface area contributed by atoms with Crippen LogP contribution in [0.3, 0.4) is 0 Å². The highest BCUT2D eigenvalue weighted by Gasteiger charge is 2.19. The van der Waals surface area contributed by atoms with Crippen molar-refractivity contribution in [2.75, 3.05) is 13.2 Å². The van der Waals surface area contributed by atoms with Crippen LogP contribution in [0, 0.1) is 0 Å². The van der Waals surface area contributed by atoms with Gasteiger partial charge in [-0.2, -0.15) is 0 Å². The van der Waals surface area contributed by atoms with Crippen LogP contribution in [0.1, 0.15) is 213 Å². The quantitative estimate of drug-likeness (QED) is 0.0262. The summed E-state index contributed by atoms with van der Waals surface area (Å²) < 4.78 is 16.6. The number of rotatable bonds is 46. The molecule has 0 rings (SSSR count). The molecule has 0 aliphatic heterocycles. The molecule has 0 aromatic rings. The van der Waals surface area contributed by atoms with E-state index in [1.807, 2.05) is 0 Å². The van der Waals surface area contributed by atoms with E-state index < -0.39 is 6.10 Å². The average Bonchev–Trinajstić information content (AvgIpc) is 3.33. The molecule has 1 unspecified atom stereocenters. The summed E-state index contributed by atoms with van der Waals surface area (Å²) >= 11 is 0. The zero-order chi connectivity index (χ0) is 48.6. The van der Waals surface area contributed by atoms with Crippen LogP contribution in [0.4, 0.5) is 0 Å². The molecule has 0 N–H and O–H groups in total. The first kappa shape index (κ1) is 62.5. The van der Waals surface area contributed by atoms with Crippen molar-refractivity contribution < 1.29 is 28.6 Å². The number of hydrogen-bond donors (Lipinski definition) is 0. The van der Waals surface area contributed by atoms with Crippen LogP contribution in [0.2, 0.25) is 0 Å². The third-order valence-electron chi connectivity index (χ3n) is 10.6. The van der Waals surface area contributed by atoms with Crippen LogP contribution in [0.25, 0.3) is 0 Å². The Bertz CT molecular complexity index is 1480. The van der Waals surface area contributed by atoms with Crippen molar-refractivity contribution in [2.24, 2.45) is 0 Å². The minimum Gasteiger partial charge on any atom is -0.462 e. The molecule has 0 saturated heterocycles. The van der Waals surface area contributed by atoms with E-state index in [1.165, 1.54) is 25.7 Å². The standard InChI is InChI=1S/C61H96O6/c1-4-7-10-13-15-17-19-21-23-24-25-26-27-28-29-30-31-32-33-34-35-36-38-39-41-43-45-48-51-54-60(63)66-57-58(56-65-59(62)53-50-47-12-9-6-3)67-61(64)55-52-49-46-44-42-40-37-22-20-18-16-14-11-8-5-2/h7,10,15-18,21-23,25-26,28-29,31-32,34-35,37-39,43,45,58H,4-6,8-9,11-14,19-20,24,27,30,33,36,40-42,44,46-57H2,1-3H3/b10-7-,17-15-,18-16-,23-21-,26-25-,29-28-,32-31-,35-34-,37-22-,39-38-,45-43-. The van der Waals surface area contributed by atoms with Gasteiger partial charge in [0, 0.05) is 19.3 Å². The van der Waals surface area contributed by atoms with Gasteiger partial charge >= 0.3 is 17.9 Å². The number of carbonyl (C=O) groups excluding carboxylic acids is 3. The van der Waals surface area contributed by atoms with Crippen molar-refractivity contribution in [3.8, 4) is 0 Å². The van der Waals surface area contributed by atoms with Crippen LogP contribution >= 0.6 is 0 Å². The molecule has 67 heavy (non-hydrogen) atoms. The summed E-state index contributed by atoms with van der Waals surface area (Å²) in [5.74, 6) is -1.01. The van der Waals surface area contributed by atoms with Crippen molar-refractivity contribution >= 4 is 17.9 Å². The van der Waals surface area contributed by atoms with Gasteiger partial charge in [-0.3, -0.25) is 14.4 Å². The van der Waals surface area contributed by atoms with Gasteiger partial charge in [-0.15, -0.1) is 0 Å². The third-order valence-corrected chi connectivity index (χ3v) is 10.6. The number of hydrogen-bond acceptors (Lipinski definition) is 6. The first-order chi connectivity index (χ1) is 33.0. The Morgan fingerprint density at radius 1 is 0.313 bits per heavy atom. The lowest BCUT2D eigenvalue weighted by atomic mass is 10.1. The molecule has 0 heterocycles. The van der Waals surface area contributed by atoms with Gasteiger partial charge in [0.25, 0.3) is 0 Å². The predicted octanol–water partition coefficient (Wildman–Crippen LogP) is 17.9. The maximum Gasteiger partial charge on any atom is 0.306 e. The fourth-order valence-corrected chi connectivity index (χ4v) is 6.65. The molecule has 0 fully saturated rings. The SMILES string of the molecule is CC/C=C\C/C=C\C/C=C\C/C=C\C/C=C\C/C=C\C/C=C\C/C=C\C/C=C\CCCC(=O)OCC(COC(=O)CCCCCCC)OC(=O)CCCCCCC/C=C\C/C=C\CCCCC. The molecule has 0 aromatic carbocycles. The maximum atomic E-state index is 12.7. The molecule has 0 aliphatic rings. The first-order valence-corrected chi connectivity index (χ1v) is 26.7. The van der Waals surface area contributed by atoms with Crippen LogP contribution < -0.4 is 0 Å². The fraction of sp³-hybridized carbons (Fsp3) is 0.590. The molecular weight excluding hydrogens is 829 g/mol. The molecule has 1 atom stereocenters. The molecule has 0 radical (unpaired) electrons. The lowest BCUT2D eigenvalue weighted by Gasteiger charge is -2.18. The number of esters is 3. The van der Waals surface area contributed by atoms with Gasteiger partial charge in [-0.05, 0) is 116 Å². The Labute approximate surface area is 411 Å². The summed E-state index contributed by atoms with van der Waals surface area (Å²) in [7, 11) is 0. The van der Waals surface area contributed by atoms with Gasteiger partial charge in [0.1, 0.15) is 13.2 Å². The molecule has 0 saturated carbocycles. The molecule has 6 heteroatoms. The molecule has 0 spiro atoms. The topological polar surface area (TPSA) is 78.9 Å². The summed E-state index contributed by atoms with van der Waals surface area (Å²) in [5.41, 5.74) is 0. The minimum atomic E-state index is -0.809. The van der Waals surface area contributed by atoms with Crippen molar-refractivity contribution in [3.05, 3.63) is 134 Å². The van der Waals surface area contributed by atoms with E-state index in [4.69, 9.17) is 14.2 Å². The first-order valence-electron chi connectivity index (χ1n) is 26.7. The van der Waals surface area contributed by atoms with Gasteiger partial charge < -0.3 is 14.2 Å². The highest BCUT2D eigenvalue weighted by atomic mass is 16.6. The van der Waals surface area contributed by atoms with Crippen LogP contribution in [0.15, 0.2) is 134 Å². The van der Waals surface area contributed by atoms with Crippen LogP contribution in [0.5, 0.6) is 0 Å². The van der Waals surface area contributed by atoms with Crippen molar-refractivity contribution in [1.82, 2.24) is 0 Å². The highest BCUT2D eigenvalue weighted by Crippen LogP contribution is 2.12. The lowest BCUT2D eigenvalue weighted by Crippen LogP contribution is -2.30. The Kier molecular flexibility index (Phi) is 50.6. The van der Waals surface area contributed by atoms with E-state index in [9.17, 15) is 14.4 Å². The molecule has 0 aromatic heterocycles. The largest absolute Gasteiger partial charge is 0.462 e. The maximum absolute atomic E-state index is 12.7. The van der Waals surface area contributed by atoms with E-state index in [0.29, 0.717) is 19.3 Å². The van der Waals surface area contributed by atoms with Crippen molar-refractivity contribution in [2.45, 2.75) is 219 Å². The molecule has 376 valence electrons. The molecule has 0 bridgehead atoms. The average molecular weight is 925 g/mol. The smallest absolute Gasteiger partial charge is 0.306 e. The zero-order valence-electron chi connectivity index (χ0n) is 42.9. The van der Waals surface area contributed by atoms with E-state index in [0.717, 1.165) is 141 Å². The summed E-state index contributed by atoms with van der Waals surface area (Å²) in [5, 5.41) is 0. The fourth-order valence-electron chi connectivity index (χ4n) is 6.65. The zero-order valence-corrected chi connectivity index (χ0v) is 42.9. The lowest BCUT2D eigenvalue weighted by molar-refractivity contribution is -0.167. The Morgan fingerprint density at radius 2 is 0.597 bits per heavy atom. The number of ether oxygens (including phenoxy) is 3. The van der Waals surface area contributed by atoms with Crippen molar-refractivity contribution in [1.29, 1.82) is 0 Å². The normalized spacial score (nSPS) is 13.2. The summed E-state index contributed by atoms with van der Waals surface area (Å²) in [4.78, 5) is 37.6. The van der Waals surface area contributed by atoms with Gasteiger partial charge in [0.05, 0.1) is 0 Å². The van der Waals surface area contributed by atoms with Gasteiger partial charge in [-0.1, -0.05) is 212 Å². The second-order valence-electron chi connectivity index (χ2n) is 17.1. The highest BCUT2D eigenvalue weighted by molar-refractivity contribution is 5.71. The second-order valence-corrected chi connectivity index (χ2v) is 17.1. The van der Waals surface area contributed by atoms with E-state index in [2.05, 4.69) is 154 Å². The van der Waals surface area contributed by atoms with Gasteiger partial charge in [-0.25, -0.2) is 0 Å². The monoisotopic (exact) mass is 925 g/mol. The second kappa shape index (κ2) is 54.2. The van der Waals surface area contributed by atoms with E-state index in [1.54, 1.807) is 0 Å². The van der Waals surface area contributed by atoms with Crippen LogP contribution in [-0.2, 0) is 28.6 Å². The van der Waals surface area contributed by atoms with Crippen molar-refractivity contribution in [3.63, 3.8) is 0 Å².